The summed E-state index contributed by atoms with van der Waals surface area (Å²) >= 11 is 1.08. The molecule has 0 fully saturated rings. The predicted molar refractivity (Wildman–Crippen MR) is 71.6 cm³/mol. The van der Waals surface area contributed by atoms with Crippen LogP contribution in [0.15, 0.2) is 16.3 Å². The summed E-state index contributed by atoms with van der Waals surface area (Å²) in [5.41, 5.74) is 0. The van der Waals surface area contributed by atoms with Crippen molar-refractivity contribution in [2.45, 2.75) is 37.4 Å². The van der Waals surface area contributed by atoms with Gasteiger partial charge in [0.2, 0.25) is 15.9 Å². The third-order valence-corrected chi connectivity index (χ3v) is 5.13. The minimum absolute atomic E-state index is 0.0186. The zero-order valence-corrected chi connectivity index (χ0v) is 12.1. The van der Waals surface area contributed by atoms with Gasteiger partial charge in [0.15, 0.2) is 0 Å². The Kier molecular flexibility index (Phi) is 5.30. The SMILES string of the molecule is CCC(C)CC(=O)NCc1ccc(S(N)(=O)=O)s1. The second-order valence-electron chi connectivity index (χ2n) is 4.26. The van der Waals surface area contributed by atoms with E-state index in [0.717, 1.165) is 22.6 Å². The van der Waals surface area contributed by atoms with Crippen LogP contribution in [0.5, 0.6) is 0 Å². The number of nitrogens with two attached hydrogens (primary N) is 1. The molecule has 0 aliphatic heterocycles. The van der Waals surface area contributed by atoms with Crippen LogP contribution in [0, 0.1) is 5.92 Å². The van der Waals surface area contributed by atoms with Crippen molar-refractivity contribution in [3.63, 3.8) is 0 Å². The molecular formula is C11H18N2O3S2. The fourth-order valence-corrected chi connectivity index (χ4v) is 3.04. The topological polar surface area (TPSA) is 89.3 Å². The van der Waals surface area contributed by atoms with Crippen LogP contribution in [0.25, 0.3) is 0 Å². The molecule has 0 bridgehead atoms. The number of rotatable bonds is 6. The molecule has 0 saturated carbocycles. The molecule has 5 nitrogen and oxygen atoms in total. The lowest BCUT2D eigenvalue weighted by Gasteiger charge is -2.08. The van der Waals surface area contributed by atoms with Gasteiger partial charge < -0.3 is 5.32 Å². The first-order chi connectivity index (χ1) is 8.32. The normalized spacial score (nSPS) is 13.3. The highest BCUT2D eigenvalue weighted by Gasteiger charge is 2.12. The molecule has 1 aromatic heterocycles. The van der Waals surface area contributed by atoms with Crippen molar-refractivity contribution >= 4 is 27.3 Å². The minimum atomic E-state index is -3.64. The Bertz CT molecular complexity index is 508. The van der Waals surface area contributed by atoms with Crippen LogP contribution in [0.2, 0.25) is 0 Å². The number of amides is 1. The molecule has 1 atom stereocenters. The molecule has 0 aliphatic carbocycles. The Hall–Kier alpha value is -0.920. The van der Waals surface area contributed by atoms with Crippen molar-refractivity contribution in [3.05, 3.63) is 17.0 Å². The summed E-state index contributed by atoms with van der Waals surface area (Å²) in [7, 11) is -3.64. The van der Waals surface area contributed by atoms with Crippen molar-refractivity contribution in [1.29, 1.82) is 0 Å². The van der Waals surface area contributed by atoms with E-state index in [4.69, 9.17) is 5.14 Å². The number of thiophene rings is 1. The summed E-state index contributed by atoms with van der Waals surface area (Å²) in [6.45, 7) is 4.40. The lowest BCUT2D eigenvalue weighted by atomic mass is 10.1. The first-order valence-electron chi connectivity index (χ1n) is 5.71. The fraction of sp³-hybridized carbons (Fsp3) is 0.545. The van der Waals surface area contributed by atoms with E-state index in [2.05, 4.69) is 5.32 Å². The zero-order valence-electron chi connectivity index (χ0n) is 10.5. The Labute approximate surface area is 111 Å². The minimum Gasteiger partial charge on any atom is -0.351 e. The Morgan fingerprint density at radius 2 is 2.17 bits per heavy atom. The maximum absolute atomic E-state index is 11.5. The Balaban J connectivity index is 2.50. The number of hydrogen-bond donors (Lipinski definition) is 2. The van der Waals surface area contributed by atoms with Crippen LogP contribution < -0.4 is 10.5 Å². The lowest BCUT2D eigenvalue weighted by molar-refractivity contribution is -0.122. The molecule has 0 saturated heterocycles. The number of primary sulfonamides is 1. The Morgan fingerprint density at radius 3 is 2.67 bits per heavy atom. The monoisotopic (exact) mass is 290 g/mol. The van der Waals surface area contributed by atoms with Gasteiger partial charge in [-0.15, -0.1) is 11.3 Å². The molecule has 1 unspecified atom stereocenters. The van der Waals surface area contributed by atoms with Gasteiger partial charge in [0, 0.05) is 11.3 Å². The van der Waals surface area contributed by atoms with Crippen molar-refractivity contribution in [2.75, 3.05) is 0 Å². The van der Waals surface area contributed by atoms with Gasteiger partial charge in [0.1, 0.15) is 4.21 Å². The van der Waals surface area contributed by atoms with Gasteiger partial charge in [-0.2, -0.15) is 0 Å². The van der Waals surface area contributed by atoms with Crippen LogP contribution in [-0.4, -0.2) is 14.3 Å². The van der Waals surface area contributed by atoms with E-state index in [9.17, 15) is 13.2 Å². The lowest BCUT2D eigenvalue weighted by Crippen LogP contribution is -2.23. The molecule has 1 heterocycles. The summed E-state index contributed by atoms with van der Waals surface area (Å²) in [6, 6.07) is 3.12. The van der Waals surface area contributed by atoms with Crippen molar-refractivity contribution < 1.29 is 13.2 Å². The van der Waals surface area contributed by atoms with Gasteiger partial charge in [-0.25, -0.2) is 13.6 Å². The summed E-state index contributed by atoms with van der Waals surface area (Å²) in [5.74, 6) is 0.336. The maximum atomic E-state index is 11.5. The number of carbonyl (C=O) groups is 1. The molecule has 18 heavy (non-hydrogen) atoms. The quantitative estimate of drug-likeness (QED) is 0.831. The van der Waals surface area contributed by atoms with Gasteiger partial charge >= 0.3 is 0 Å². The largest absolute Gasteiger partial charge is 0.351 e. The number of hydrogen-bond acceptors (Lipinski definition) is 4. The fourth-order valence-electron chi connectivity index (χ4n) is 1.32. The summed E-state index contributed by atoms with van der Waals surface area (Å²) in [5, 5.41) is 7.77. The molecule has 7 heteroatoms. The van der Waals surface area contributed by atoms with E-state index in [1.807, 2.05) is 13.8 Å². The van der Waals surface area contributed by atoms with E-state index in [0.29, 0.717) is 18.9 Å². The number of sulfonamides is 1. The molecule has 1 rings (SSSR count). The van der Waals surface area contributed by atoms with Crippen molar-refractivity contribution in [1.82, 2.24) is 5.32 Å². The second-order valence-corrected chi connectivity index (χ2v) is 7.22. The van der Waals surface area contributed by atoms with Crippen molar-refractivity contribution in [2.24, 2.45) is 11.1 Å². The van der Waals surface area contributed by atoms with Crippen LogP contribution in [0.4, 0.5) is 0 Å². The van der Waals surface area contributed by atoms with Gasteiger partial charge in [-0.05, 0) is 18.1 Å². The molecule has 0 aliphatic rings. The molecule has 0 radical (unpaired) electrons. The van der Waals surface area contributed by atoms with E-state index in [1.165, 1.54) is 6.07 Å². The molecule has 0 spiro atoms. The number of nitrogens with one attached hydrogen (secondary N) is 1. The molecule has 0 aromatic carbocycles. The summed E-state index contributed by atoms with van der Waals surface area (Å²) in [4.78, 5) is 12.3. The van der Waals surface area contributed by atoms with Gasteiger partial charge in [-0.3, -0.25) is 4.79 Å². The molecule has 1 aromatic rings. The van der Waals surface area contributed by atoms with Gasteiger partial charge in [0.25, 0.3) is 0 Å². The smallest absolute Gasteiger partial charge is 0.247 e. The highest BCUT2D eigenvalue weighted by Crippen LogP contribution is 2.20. The standard InChI is InChI=1S/C11H18N2O3S2/c1-3-8(2)6-10(14)13-7-9-4-5-11(17-9)18(12,15)16/h4-5,8H,3,6-7H2,1-2H3,(H,13,14)(H2,12,15,16). The Morgan fingerprint density at radius 1 is 1.50 bits per heavy atom. The summed E-state index contributed by atoms with van der Waals surface area (Å²) in [6.07, 6.45) is 1.45. The first-order valence-corrected chi connectivity index (χ1v) is 8.07. The number of carbonyl (C=O) groups excluding carboxylic acids is 1. The highest BCUT2D eigenvalue weighted by atomic mass is 32.2. The van der Waals surface area contributed by atoms with E-state index in [-0.39, 0.29) is 10.1 Å². The van der Waals surface area contributed by atoms with Crippen LogP contribution in [0.1, 0.15) is 31.6 Å². The van der Waals surface area contributed by atoms with E-state index in [1.54, 1.807) is 6.07 Å². The predicted octanol–water partition coefficient (Wildman–Crippen LogP) is 1.45. The van der Waals surface area contributed by atoms with Crippen LogP contribution in [-0.2, 0) is 21.4 Å². The van der Waals surface area contributed by atoms with Crippen LogP contribution in [0.3, 0.4) is 0 Å². The molecule has 102 valence electrons. The average molecular weight is 290 g/mol. The third-order valence-electron chi connectivity index (χ3n) is 2.61. The highest BCUT2D eigenvalue weighted by molar-refractivity contribution is 7.91. The first kappa shape index (κ1) is 15.1. The van der Waals surface area contributed by atoms with Gasteiger partial charge in [-0.1, -0.05) is 20.3 Å². The second kappa shape index (κ2) is 6.31. The van der Waals surface area contributed by atoms with E-state index < -0.39 is 10.0 Å². The average Bonchev–Trinajstić information content (AvgIpc) is 2.74. The van der Waals surface area contributed by atoms with Crippen LogP contribution >= 0.6 is 11.3 Å². The third kappa shape index (κ3) is 4.75. The molecular weight excluding hydrogens is 272 g/mol. The zero-order chi connectivity index (χ0) is 13.8. The van der Waals surface area contributed by atoms with Gasteiger partial charge in [0.05, 0.1) is 6.54 Å². The van der Waals surface area contributed by atoms with E-state index >= 15 is 0 Å². The molecule has 1 amide bonds. The van der Waals surface area contributed by atoms with Crippen molar-refractivity contribution in [3.8, 4) is 0 Å². The summed E-state index contributed by atoms with van der Waals surface area (Å²) < 4.78 is 22.3. The maximum Gasteiger partial charge on any atom is 0.247 e. The molecule has 3 N–H and O–H groups in total.